The van der Waals surface area contributed by atoms with E-state index in [1.54, 1.807) is 24.5 Å². The maximum atomic E-state index is 15.0. The van der Waals surface area contributed by atoms with Crippen LogP contribution in [0.3, 0.4) is 0 Å². The number of hydrogen-bond donors (Lipinski definition) is 2. The lowest BCUT2D eigenvalue weighted by Crippen LogP contribution is -2.51. The minimum atomic E-state index is -0.829. The zero-order chi connectivity index (χ0) is 28.6. The Morgan fingerprint density at radius 1 is 1.14 bits per heavy atom. The van der Waals surface area contributed by atoms with E-state index in [4.69, 9.17) is 14.7 Å². The Morgan fingerprint density at radius 2 is 1.98 bits per heavy atom. The summed E-state index contributed by atoms with van der Waals surface area (Å²) < 4.78 is 37.9. The molecule has 4 fully saturated rings. The van der Waals surface area contributed by atoms with Gasteiger partial charge in [-0.05, 0) is 61.7 Å². The molecule has 0 spiro atoms. The van der Waals surface area contributed by atoms with Crippen LogP contribution in [-0.4, -0.2) is 81.1 Å². The molecule has 2 unspecified atom stereocenters. The Bertz CT molecular complexity index is 1680. The van der Waals surface area contributed by atoms with Gasteiger partial charge in [0.1, 0.15) is 36.2 Å². The highest BCUT2D eigenvalue weighted by Crippen LogP contribution is 2.41. The van der Waals surface area contributed by atoms with Crippen molar-refractivity contribution in [2.24, 2.45) is 0 Å². The molecule has 10 heteroatoms. The zero-order valence-corrected chi connectivity index (χ0v) is 23.8. The smallest absolute Gasteiger partial charge is 0.217 e. The minimum Gasteiger partial charge on any atom is -0.508 e. The molecule has 0 amide bonds. The summed E-state index contributed by atoms with van der Waals surface area (Å²) in [4.78, 5) is 14.4. The van der Waals surface area contributed by atoms with Crippen molar-refractivity contribution in [3.63, 3.8) is 0 Å². The number of phenolic OH excluding ortho intramolecular Hbond substituents is 1. The molecule has 2 aromatic heterocycles. The number of piperazine rings is 1. The minimum absolute atomic E-state index is 0.0971. The first-order valence-electron chi connectivity index (χ1n) is 15.3. The van der Waals surface area contributed by atoms with Gasteiger partial charge in [0.2, 0.25) is 5.88 Å². The summed E-state index contributed by atoms with van der Waals surface area (Å²) in [6.45, 7) is 5.35. The van der Waals surface area contributed by atoms with Crippen LogP contribution in [0.25, 0.3) is 27.5 Å². The topological polar surface area (TPSA) is 78.7 Å². The summed E-state index contributed by atoms with van der Waals surface area (Å²) in [6, 6.07) is 9.20. The second-order valence-electron chi connectivity index (χ2n) is 12.6. The number of phenols is 1. The Morgan fingerprint density at radius 3 is 2.79 bits per heavy atom. The second kappa shape index (κ2) is 9.77. The van der Waals surface area contributed by atoms with Crippen molar-refractivity contribution in [3.8, 4) is 17.3 Å². The number of ether oxygens (including phenoxy) is 1. The Kier molecular flexibility index (Phi) is 6.08. The number of aromatic hydroxyl groups is 1. The summed E-state index contributed by atoms with van der Waals surface area (Å²) in [5.74, 6) is 1.06. The van der Waals surface area contributed by atoms with Crippen LogP contribution >= 0.6 is 0 Å². The summed E-state index contributed by atoms with van der Waals surface area (Å²) >= 11 is 0. The molecule has 4 saturated heterocycles. The maximum Gasteiger partial charge on any atom is 0.217 e. The molecule has 0 radical (unpaired) electrons. The van der Waals surface area contributed by atoms with Crippen LogP contribution in [0.5, 0.6) is 11.6 Å². The largest absolute Gasteiger partial charge is 0.508 e. The van der Waals surface area contributed by atoms with Gasteiger partial charge in [-0.25, -0.2) is 13.8 Å². The number of rotatable bonds is 6. The molecule has 0 aliphatic carbocycles. The van der Waals surface area contributed by atoms with Crippen molar-refractivity contribution in [1.82, 2.24) is 24.8 Å². The highest BCUT2D eigenvalue weighted by Gasteiger charge is 2.49. The van der Waals surface area contributed by atoms with Crippen LogP contribution in [0.4, 0.5) is 14.6 Å². The number of halogens is 2. The van der Waals surface area contributed by atoms with Crippen molar-refractivity contribution in [2.75, 3.05) is 37.7 Å². The Labute approximate surface area is 243 Å². The first-order valence-corrected chi connectivity index (χ1v) is 15.3. The summed E-state index contributed by atoms with van der Waals surface area (Å²) in [5.41, 5.74) is 2.47. The highest BCUT2D eigenvalue weighted by molar-refractivity contribution is 5.97. The molecule has 6 heterocycles. The third kappa shape index (κ3) is 4.13. The van der Waals surface area contributed by atoms with Gasteiger partial charge in [-0.1, -0.05) is 13.0 Å². The zero-order valence-electron chi connectivity index (χ0n) is 23.8. The number of benzene rings is 2. The molecule has 0 saturated carbocycles. The standard InChI is InChI=1S/C32H36F2N6O2/c1-2-24-25(34)7-4-19-10-23(41)11-26(29(19)24)40-18-35-30-27(40)12-28(37-31(30)38-15-21-5-6-22(16-38)36-21)42-17-32-8-3-9-39(32)14-20(33)13-32/h4,7,10-12,18,20-22,36,41H,2-3,5-6,8-9,13-17H2,1H3/t20-,21?,22?,32+/m1/s1. The van der Waals surface area contributed by atoms with E-state index in [0.29, 0.717) is 55.2 Å². The SMILES string of the molecule is CCc1c(F)ccc2cc(O)cc(-n3cnc4c(N5CC6CCC(C5)N6)nc(OC[C@@]56CCCN5C[C@H](F)C6)cc43)c12. The quantitative estimate of drug-likeness (QED) is 0.340. The molecule has 4 aromatic rings. The number of anilines is 1. The van der Waals surface area contributed by atoms with Crippen LogP contribution in [0.15, 0.2) is 36.7 Å². The molecule has 2 bridgehead atoms. The van der Waals surface area contributed by atoms with Crippen molar-refractivity contribution in [1.29, 1.82) is 0 Å². The molecule has 42 heavy (non-hydrogen) atoms. The molecule has 4 atom stereocenters. The fraction of sp³-hybridized carbons (Fsp3) is 0.500. The molecule has 4 aliphatic rings. The van der Waals surface area contributed by atoms with Gasteiger partial charge in [0.25, 0.3) is 0 Å². The van der Waals surface area contributed by atoms with Gasteiger partial charge in [0.05, 0.1) is 16.7 Å². The third-order valence-corrected chi connectivity index (χ3v) is 10.0. The summed E-state index contributed by atoms with van der Waals surface area (Å²) in [7, 11) is 0. The van der Waals surface area contributed by atoms with Gasteiger partial charge in [0, 0.05) is 55.7 Å². The molecule has 8 rings (SSSR count). The fourth-order valence-electron chi connectivity index (χ4n) is 8.10. The molecule has 2 N–H and O–H groups in total. The Balaban J connectivity index is 1.27. The number of pyridine rings is 1. The monoisotopic (exact) mass is 574 g/mol. The van der Waals surface area contributed by atoms with Crippen molar-refractivity contribution >= 4 is 27.6 Å². The van der Waals surface area contributed by atoms with Crippen LogP contribution in [0.2, 0.25) is 0 Å². The van der Waals surface area contributed by atoms with E-state index in [2.05, 4.69) is 15.1 Å². The van der Waals surface area contributed by atoms with Crippen molar-refractivity contribution < 1.29 is 18.6 Å². The van der Waals surface area contributed by atoms with Crippen LogP contribution in [0, 0.1) is 5.82 Å². The second-order valence-corrected chi connectivity index (χ2v) is 12.6. The highest BCUT2D eigenvalue weighted by atomic mass is 19.1. The van der Waals surface area contributed by atoms with E-state index in [-0.39, 0.29) is 17.1 Å². The van der Waals surface area contributed by atoms with E-state index in [9.17, 15) is 9.50 Å². The number of fused-ring (bicyclic) bond motifs is 5. The summed E-state index contributed by atoms with van der Waals surface area (Å²) in [6.07, 6.45) is 6.14. The van der Waals surface area contributed by atoms with Crippen LogP contribution < -0.4 is 15.0 Å². The number of aryl methyl sites for hydroxylation is 1. The van der Waals surface area contributed by atoms with E-state index in [1.807, 2.05) is 17.6 Å². The molecule has 220 valence electrons. The molecule has 4 aliphatic heterocycles. The average molecular weight is 575 g/mol. The first kappa shape index (κ1) is 26.2. The first-order chi connectivity index (χ1) is 20.4. The number of aromatic nitrogens is 3. The van der Waals surface area contributed by atoms with Crippen LogP contribution in [-0.2, 0) is 6.42 Å². The normalized spacial score (nSPS) is 27.4. The average Bonchev–Trinajstić information content (AvgIpc) is 3.73. The van der Waals surface area contributed by atoms with Gasteiger partial charge in [-0.2, -0.15) is 4.98 Å². The Hall–Kier alpha value is -3.50. The number of nitrogens with one attached hydrogen (secondary N) is 1. The number of imidazole rings is 1. The van der Waals surface area contributed by atoms with Crippen LogP contribution in [0.1, 0.15) is 44.6 Å². The third-order valence-electron chi connectivity index (χ3n) is 10.0. The number of hydrogen-bond acceptors (Lipinski definition) is 7. The number of alkyl halides is 1. The van der Waals surface area contributed by atoms with Gasteiger partial charge < -0.3 is 20.1 Å². The predicted octanol–water partition coefficient (Wildman–Crippen LogP) is 4.88. The predicted molar refractivity (Wildman–Crippen MR) is 158 cm³/mol. The fourth-order valence-corrected chi connectivity index (χ4v) is 8.10. The lowest BCUT2D eigenvalue weighted by Gasteiger charge is -2.34. The maximum absolute atomic E-state index is 15.0. The van der Waals surface area contributed by atoms with Gasteiger partial charge in [-0.15, -0.1) is 0 Å². The van der Waals surface area contributed by atoms with E-state index >= 15 is 4.39 Å². The van der Waals surface area contributed by atoms with Gasteiger partial charge in [-0.3, -0.25) is 9.47 Å². The molecule has 8 nitrogen and oxygen atoms in total. The van der Waals surface area contributed by atoms with Gasteiger partial charge >= 0.3 is 0 Å². The molecular weight excluding hydrogens is 538 g/mol. The van der Waals surface area contributed by atoms with Crippen molar-refractivity contribution in [2.45, 2.75) is 69.2 Å². The number of nitrogens with zero attached hydrogens (tertiary/aromatic N) is 5. The van der Waals surface area contributed by atoms with Crippen molar-refractivity contribution in [3.05, 3.63) is 48.0 Å². The lowest BCUT2D eigenvalue weighted by atomic mass is 9.95. The van der Waals surface area contributed by atoms with Gasteiger partial charge in [0.15, 0.2) is 5.82 Å². The molecular formula is C32H36F2N6O2. The van der Waals surface area contributed by atoms with E-state index < -0.39 is 6.17 Å². The van der Waals surface area contributed by atoms with E-state index in [1.165, 1.54) is 6.07 Å². The molecule has 2 aromatic carbocycles. The lowest BCUT2D eigenvalue weighted by molar-refractivity contribution is 0.111. The van der Waals surface area contributed by atoms with E-state index in [0.717, 1.165) is 72.9 Å². The summed E-state index contributed by atoms with van der Waals surface area (Å²) in [5, 5.41) is 15.9.